The number of hydrogen-bond donors (Lipinski definition) is 1. The molecule has 0 saturated carbocycles. The number of carbonyl (C=O) groups excluding carboxylic acids is 1. The van der Waals surface area contributed by atoms with Crippen molar-refractivity contribution in [3.05, 3.63) is 65.2 Å². The van der Waals surface area contributed by atoms with Crippen LogP contribution in [0.4, 0.5) is 0 Å². The van der Waals surface area contributed by atoms with E-state index < -0.39 is 5.97 Å². The quantitative estimate of drug-likeness (QED) is 0.668. The van der Waals surface area contributed by atoms with Crippen molar-refractivity contribution in [1.82, 2.24) is 0 Å². The van der Waals surface area contributed by atoms with Gasteiger partial charge in [0.05, 0.1) is 5.56 Å². The van der Waals surface area contributed by atoms with E-state index in [1.165, 1.54) is 0 Å². The van der Waals surface area contributed by atoms with Crippen molar-refractivity contribution in [1.29, 1.82) is 0 Å². The molecule has 2 aromatic carbocycles. The van der Waals surface area contributed by atoms with Gasteiger partial charge in [0.15, 0.2) is 0 Å². The van der Waals surface area contributed by atoms with Crippen LogP contribution < -0.4 is 0 Å². The first-order valence-corrected chi connectivity index (χ1v) is 6.68. The van der Waals surface area contributed by atoms with Crippen molar-refractivity contribution >= 4 is 24.0 Å². The molecule has 19 heavy (non-hydrogen) atoms. The molecule has 0 aromatic heterocycles. The molecule has 0 heterocycles. The lowest BCUT2D eigenvalue weighted by Crippen LogP contribution is -1.95. The average molecular weight is 272 g/mol. The smallest absolute Gasteiger partial charge is 0.335 e. The zero-order valence-corrected chi connectivity index (χ0v) is 10.9. The minimum Gasteiger partial charge on any atom is -0.478 e. The lowest BCUT2D eigenvalue weighted by atomic mass is 10.2. The SMILES string of the molecule is O=Cc1cccc(CSc2cccc(C(=O)O)c2)c1. The number of benzene rings is 2. The van der Waals surface area contributed by atoms with Gasteiger partial charge in [-0.3, -0.25) is 4.79 Å². The third-order valence-corrected chi connectivity index (χ3v) is 3.64. The maximum Gasteiger partial charge on any atom is 0.335 e. The summed E-state index contributed by atoms with van der Waals surface area (Å²) in [5.74, 6) is -0.226. The van der Waals surface area contributed by atoms with Crippen LogP contribution in [0.15, 0.2) is 53.4 Å². The third-order valence-electron chi connectivity index (χ3n) is 2.57. The van der Waals surface area contributed by atoms with E-state index in [-0.39, 0.29) is 5.56 Å². The Balaban J connectivity index is 2.07. The highest BCUT2D eigenvalue weighted by Crippen LogP contribution is 2.23. The van der Waals surface area contributed by atoms with Crippen molar-refractivity contribution in [2.75, 3.05) is 0 Å². The topological polar surface area (TPSA) is 54.4 Å². The zero-order chi connectivity index (χ0) is 13.7. The minimum atomic E-state index is -0.926. The molecule has 96 valence electrons. The molecule has 3 nitrogen and oxygen atoms in total. The van der Waals surface area contributed by atoms with Crippen LogP contribution in [-0.2, 0) is 5.75 Å². The molecule has 0 radical (unpaired) electrons. The van der Waals surface area contributed by atoms with Crippen molar-refractivity contribution < 1.29 is 14.7 Å². The van der Waals surface area contributed by atoms with Crippen LogP contribution in [0.2, 0.25) is 0 Å². The van der Waals surface area contributed by atoms with E-state index in [1.54, 1.807) is 36.0 Å². The molecule has 0 aliphatic carbocycles. The first-order valence-electron chi connectivity index (χ1n) is 5.69. The summed E-state index contributed by atoms with van der Waals surface area (Å²) in [5.41, 5.74) is 1.97. The summed E-state index contributed by atoms with van der Waals surface area (Å²) in [7, 11) is 0. The van der Waals surface area contributed by atoms with Crippen molar-refractivity contribution in [2.45, 2.75) is 10.6 Å². The normalized spacial score (nSPS) is 10.1. The van der Waals surface area contributed by atoms with E-state index in [4.69, 9.17) is 5.11 Å². The standard InChI is InChI=1S/C15H12O3S/c16-9-11-3-1-4-12(7-11)10-19-14-6-2-5-13(8-14)15(17)18/h1-9H,10H2,(H,17,18). The summed E-state index contributed by atoms with van der Waals surface area (Å²) in [6, 6.07) is 14.2. The van der Waals surface area contributed by atoms with Gasteiger partial charge in [0.25, 0.3) is 0 Å². The van der Waals surface area contributed by atoms with E-state index in [0.29, 0.717) is 11.3 Å². The number of hydrogen-bond acceptors (Lipinski definition) is 3. The number of aromatic carboxylic acids is 1. The molecule has 0 bridgehead atoms. The van der Waals surface area contributed by atoms with Gasteiger partial charge in [-0.05, 0) is 29.8 Å². The Morgan fingerprint density at radius 1 is 1.16 bits per heavy atom. The number of aldehydes is 1. The summed E-state index contributed by atoms with van der Waals surface area (Å²) < 4.78 is 0. The third kappa shape index (κ3) is 3.69. The number of carboxylic acids is 1. The van der Waals surface area contributed by atoms with Crippen molar-refractivity contribution in [3.8, 4) is 0 Å². The van der Waals surface area contributed by atoms with E-state index in [2.05, 4.69) is 0 Å². The number of thioether (sulfide) groups is 1. The second kappa shape index (κ2) is 6.20. The fourth-order valence-corrected chi connectivity index (χ4v) is 2.54. The molecule has 0 aliphatic heterocycles. The Bertz CT molecular complexity index is 608. The van der Waals surface area contributed by atoms with Gasteiger partial charge >= 0.3 is 5.97 Å². The van der Waals surface area contributed by atoms with Crippen molar-refractivity contribution in [3.63, 3.8) is 0 Å². The van der Waals surface area contributed by atoms with E-state index in [1.807, 2.05) is 24.3 Å². The van der Waals surface area contributed by atoms with Gasteiger partial charge in [-0.2, -0.15) is 0 Å². The molecule has 4 heteroatoms. The van der Waals surface area contributed by atoms with Gasteiger partial charge < -0.3 is 5.11 Å². The van der Waals surface area contributed by atoms with E-state index in [0.717, 1.165) is 16.7 Å². The van der Waals surface area contributed by atoms with Crippen LogP contribution >= 0.6 is 11.8 Å². The zero-order valence-electron chi connectivity index (χ0n) is 10.1. The van der Waals surface area contributed by atoms with Crippen LogP contribution in [0.5, 0.6) is 0 Å². The highest BCUT2D eigenvalue weighted by atomic mass is 32.2. The molecule has 2 rings (SSSR count). The molecule has 0 unspecified atom stereocenters. The number of rotatable bonds is 5. The van der Waals surface area contributed by atoms with Crippen LogP contribution in [0, 0.1) is 0 Å². The van der Waals surface area contributed by atoms with Gasteiger partial charge in [-0.25, -0.2) is 4.79 Å². The van der Waals surface area contributed by atoms with E-state index in [9.17, 15) is 9.59 Å². The molecular weight excluding hydrogens is 260 g/mol. The van der Waals surface area contributed by atoms with Crippen LogP contribution in [-0.4, -0.2) is 17.4 Å². The van der Waals surface area contributed by atoms with Gasteiger partial charge in [-0.1, -0.05) is 24.3 Å². The highest BCUT2D eigenvalue weighted by Gasteiger charge is 2.04. The van der Waals surface area contributed by atoms with Crippen LogP contribution in [0.3, 0.4) is 0 Å². The second-order valence-corrected chi connectivity index (χ2v) is 5.03. The molecule has 0 spiro atoms. The maximum atomic E-state index is 10.9. The molecule has 0 aliphatic rings. The fraction of sp³-hybridized carbons (Fsp3) is 0.0667. The second-order valence-electron chi connectivity index (χ2n) is 3.98. The lowest BCUT2D eigenvalue weighted by Gasteiger charge is -2.04. The monoisotopic (exact) mass is 272 g/mol. The van der Waals surface area contributed by atoms with Crippen LogP contribution in [0.1, 0.15) is 26.3 Å². The lowest BCUT2D eigenvalue weighted by molar-refractivity contribution is 0.0696. The Labute approximate surface area is 115 Å². The highest BCUT2D eigenvalue weighted by molar-refractivity contribution is 7.98. The Morgan fingerprint density at radius 2 is 1.95 bits per heavy atom. The maximum absolute atomic E-state index is 10.9. The molecular formula is C15H12O3S. The molecule has 1 N–H and O–H groups in total. The summed E-state index contributed by atoms with van der Waals surface area (Å²) in [6.07, 6.45) is 0.819. The van der Waals surface area contributed by atoms with Crippen LogP contribution in [0.25, 0.3) is 0 Å². The first-order chi connectivity index (χ1) is 9.19. The number of carbonyl (C=O) groups is 2. The van der Waals surface area contributed by atoms with Gasteiger partial charge in [-0.15, -0.1) is 11.8 Å². The molecule has 0 saturated heterocycles. The predicted molar refractivity (Wildman–Crippen MR) is 74.8 cm³/mol. The largest absolute Gasteiger partial charge is 0.478 e. The number of carboxylic acid groups (broad SMARTS) is 1. The van der Waals surface area contributed by atoms with Gasteiger partial charge in [0.1, 0.15) is 6.29 Å². The van der Waals surface area contributed by atoms with Crippen molar-refractivity contribution in [2.24, 2.45) is 0 Å². The summed E-state index contributed by atoms with van der Waals surface area (Å²) in [4.78, 5) is 22.4. The average Bonchev–Trinajstić information content (AvgIpc) is 2.45. The van der Waals surface area contributed by atoms with Gasteiger partial charge in [0, 0.05) is 16.2 Å². The predicted octanol–water partition coefficient (Wildman–Crippen LogP) is 3.49. The molecule has 0 atom stereocenters. The summed E-state index contributed by atoms with van der Waals surface area (Å²) >= 11 is 1.55. The Hall–Kier alpha value is -2.07. The summed E-state index contributed by atoms with van der Waals surface area (Å²) in [5, 5.41) is 8.91. The Kier molecular flexibility index (Phi) is 4.36. The van der Waals surface area contributed by atoms with E-state index >= 15 is 0 Å². The summed E-state index contributed by atoms with van der Waals surface area (Å²) in [6.45, 7) is 0. The molecule has 0 fully saturated rings. The fourth-order valence-electron chi connectivity index (χ4n) is 1.64. The van der Waals surface area contributed by atoms with Gasteiger partial charge in [0.2, 0.25) is 0 Å². The Morgan fingerprint density at radius 3 is 2.68 bits per heavy atom. The molecule has 2 aromatic rings. The minimum absolute atomic E-state index is 0.284. The first kappa shape index (κ1) is 13.4. The molecule has 0 amide bonds.